The van der Waals surface area contributed by atoms with Gasteiger partial charge in [0.2, 0.25) is 5.91 Å². The lowest BCUT2D eigenvalue weighted by atomic mass is 10.0. The third kappa shape index (κ3) is 4.02. The van der Waals surface area contributed by atoms with Crippen molar-refractivity contribution in [1.29, 1.82) is 0 Å². The lowest BCUT2D eigenvalue weighted by Crippen LogP contribution is -2.37. The van der Waals surface area contributed by atoms with Crippen LogP contribution in [0.25, 0.3) is 11.1 Å². The number of aromatic nitrogens is 1. The van der Waals surface area contributed by atoms with E-state index in [9.17, 15) is 9.90 Å². The van der Waals surface area contributed by atoms with E-state index in [1.54, 1.807) is 41.2 Å². The number of hydrogen-bond donors (Lipinski definition) is 1. The topological polar surface area (TPSA) is 62.7 Å². The highest BCUT2D eigenvalue weighted by Gasteiger charge is 2.26. The van der Waals surface area contributed by atoms with Crippen LogP contribution in [0.2, 0.25) is 0 Å². The second kappa shape index (κ2) is 8.27. The summed E-state index contributed by atoms with van der Waals surface area (Å²) in [4.78, 5) is 18.7. The summed E-state index contributed by atoms with van der Waals surface area (Å²) in [5.74, 6) is 1.35. The number of benzene rings is 1. The first kappa shape index (κ1) is 18.3. The molecule has 0 unspecified atom stereocenters. The van der Waals surface area contributed by atoms with Crippen LogP contribution in [0.5, 0.6) is 11.5 Å². The Bertz CT molecular complexity index is 795. The number of fused-ring (bicyclic) bond motifs is 1. The summed E-state index contributed by atoms with van der Waals surface area (Å²) in [5, 5.41) is 10.3. The molecule has 1 aliphatic rings. The Morgan fingerprint density at radius 3 is 3.08 bits per heavy atom. The molecule has 0 saturated carbocycles. The quantitative estimate of drug-likeness (QED) is 0.817. The van der Waals surface area contributed by atoms with Crippen molar-refractivity contribution in [3.8, 4) is 22.6 Å². The first-order valence-corrected chi connectivity index (χ1v) is 9.55. The molecule has 0 aliphatic carbocycles. The minimum Gasteiger partial charge on any atom is -0.504 e. The Hall–Kier alpha value is -2.47. The Morgan fingerprint density at radius 2 is 2.35 bits per heavy atom. The maximum absolute atomic E-state index is 12.7. The maximum atomic E-state index is 12.7. The Kier molecular flexibility index (Phi) is 5.83. The van der Waals surface area contributed by atoms with Crippen LogP contribution < -0.4 is 4.74 Å². The number of carbonyl (C=O) groups is 1. The molecule has 0 fully saturated rings. The second-order valence-electron chi connectivity index (χ2n) is 6.10. The minimum absolute atomic E-state index is 0.0690. The first-order chi connectivity index (χ1) is 12.6. The number of phenolic OH excluding ortho intramolecular Hbond substituents is 1. The van der Waals surface area contributed by atoms with E-state index >= 15 is 0 Å². The zero-order valence-electron chi connectivity index (χ0n) is 14.7. The van der Waals surface area contributed by atoms with Gasteiger partial charge in [-0.25, -0.2) is 0 Å². The van der Waals surface area contributed by atoms with Crippen molar-refractivity contribution in [1.82, 2.24) is 9.88 Å². The van der Waals surface area contributed by atoms with E-state index in [1.165, 1.54) is 0 Å². The largest absolute Gasteiger partial charge is 0.504 e. The number of rotatable bonds is 5. The normalized spacial score (nSPS) is 14.7. The van der Waals surface area contributed by atoms with E-state index in [1.807, 2.05) is 25.1 Å². The summed E-state index contributed by atoms with van der Waals surface area (Å²) < 4.78 is 5.73. The van der Waals surface area contributed by atoms with Crippen molar-refractivity contribution < 1.29 is 14.6 Å². The van der Waals surface area contributed by atoms with Crippen LogP contribution in [0.3, 0.4) is 0 Å². The van der Waals surface area contributed by atoms with Crippen LogP contribution in [-0.4, -0.2) is 45.1 Å². The standard InChI is InChI=1S/C20H22N2O3S/c1-3-9-26-14(2)20(24)22-7-8-25-19-17(13-22)10-16(11-18(19)23)15-5-4-6-21-12-15/h3-6,10-12,14,23H,1,7-9,13H2,2H3/t14-/m0/s1. The van der Waals surface area contributed by atoms with Gasteiger partial charge < -0.3 is 14.7 Å². The highest BCUT2D eigenvalue weighted by Crippen LogP contribution is 2.37. The van der Waals surface area contributed by atoms with E-state index < -0.39 is 0 Å². The predicted octanol–water partition coefficient (Wildman–Crippen LogP) is 3.48. The van der Waals surface area contributed by atoms with Gasteiger partial charge in [-0.15, -0.1) is 18.3 Å². The van der Waals surface area contributed by atoms with Gasteiger partial charge in [0.15, 0.2) is 11.5 Å². The van der Waals surface area contributed by atoms with Crippen molar-refractivity contribution in [3.05, 3.63) is 54.9 Å². The Morgan fingerprint density at radius 1 is 1.50 bits per heavy atom. The van der Waals surface area contributed by atoms with Gasteiger partial charge in [-0.2, -0.15) is 0 Å². The fourth-order valence-corrected chi connectivity index (χ4v) is 3.64. The molecule has 6 heteroatoms. The van der Waals surface area contributed by atoms with Gasteiger partial charge in [0.25, 0.3) is 0 Å². The molecule has 2 heterocycles. The molecule has 1 aromatic heterocycles. The van der Waals surface area contributed by atoms with E-state index in [0.717, 1.165) is 22.4 Å². The van der Waals surface area contributed by atoms with E-state index in [-0.39, 0.29) is 16.9 Å². The molecule has 1 N–H and O–H groups in total. The molecule has 0 bridgehead atoms. The zero-order valence-corrected chi connectivity index (χ0v) is 15.5. The molecule has 5 nitrogen and oxygen atoms in total. The summed E-state index contributed by atoms with van der Waals surface area (Å²) in [6.45, 7) is 6.87. The van der Waals surface area contributed by atoms with E-state index in [2.05, 4.69) is 11.6 Å². The van der Waals surface area contributed by atoms with Crippen LogP contribution in [0.15, 0.2) is 49.3 Å². The van der Waals surface area contributed by atoms with Crippen LogP contribution >= 0.6 is 11.8 Å². The first-order valence-electron chi connectivity index (χ1n) is 8.50. The number of phenols is 1. The molecule has 1 aliphatic heterocycles. The van der Waals surface area contributed by atoms with Crippen molar-refractivity contribution in [2.45, 2.75) is 18.7 Å². The van der Waals surface area contributed by atoms with Gasteiger partial charge in [-0.3, -0.25) is 9.78 Å². The smallest absolute Gasteiger partial charge is 0.235 e. The number of thioether (sulfide) groups is 1. The molecule has 0 spiro atoms. The Labute approximate surface area is 157 Å². The molecular formula is C20H22N2O3S. The summed E-state index contributed by atoms with van der Waals surface area (Å²) in [6, 6.07) is 7.42. The highest BCUT2D eigenvalue weighted by atomic mass is 32.2. The van der Waals surface area contributed by atoms with Gasteiger partial charge in [-0.1, -0.05) is 12.1 Å². The summed E-state index contributed by atoms with van der Waals surface area (Å²) in [6.07, 6.45) is 5.25. The number of nitrogens with zero attached hydrogens (tertiary/aromatic N) is 2. The summed E-state index contributed by atoms with van der Waals surface area (Å²) >= 11 is 1.56. The maximum Gasteiger partial charge on any atom is 0.235 e. The van der Waals surface area contributed by atoms with E-state index in [0.29, 0.717) is 25.4 Å². The average molecular weight is 370 g/mol. The third-order valence-corrected chi connectivity index (χ3v) is 5.36. The molecular weight excluding hydrogens is 348 g/mol. The van der Waals surface area contributed by atoms with Gasteiger partial charge in [0.05, 0.1) is 11.8 Å². The van der Waals surface area contributed by atoms with Gasteiger partial charge in [-0.05, 0) is 30.7 Å². The summed E-state index contributed by atoms with van der Waals surface area (Å²) in [7, 11) is 0. The predicted molar refractivity (Wildman–Crippen MR) is 104 cm³/mol. The molecule has 136 valence electrons. The lowest BCUT2D eigenvalue weighted by molar-refractivity contribution is -0.131. The lowest BCUT2D eigenvalue weighted by Gasteiger charge is -2.23. The number of amides is 1. The molecule has 2 aromatic rings. The fourth-order valence-electron chi connectivity index (χ4n) is 2.93. The van der Waals surface area contributed by atoms with Crippen LogP contribution in [0.4, 0.5) is 0 Å². The van der Waals surface area contributed by atoms with E-state index in [4.69, 9.17) is 4.74 Å². The SMILES string of the molecule is C=CCS[C@@H](C)C(=O)N1CCOc2c(O)cc(-c3cccnc3)cc2C1. The highest BCUT2D eigenvalue weighted by molar-refractivity contribution is 8.00. The third-order valence-electron chi connectivity index (χ3n) is 4.23. The van der Waals surface area contributed by atoms with Crippen molar-refractivity contribution >= 4 is 17.7 Å². The van der Waals surface area contributed by atoms with Crippen LogP contribution in [0, 0.1) is 0 Å². The van der Waals surface area contributed by atoms with Crippen molar-refractivity contribution in [2.24, 2.45) is 0 Å². The number of carbonyl (C=O) groups excluding carboxylic acids is 1. The molecule has 0 radical (unpaired) electrons. The van der Waals surface area contributed by atoms with Gasteiger partial charge in [0, 0.05) is 35.8 Å². The number of ether oxygens (including phenoxy) is 1. The Balaban J connectivity index is 1.88. The average Bonchev–Trinajstić information content (AvgIpc) is 2.89. The second-order valence-corrected chi connectivity index (χ2v) is 7.47. The summed E-state index contributed by atoms with van der Waals surface area (Å²) in [5.41, 5.74) is 2.56. The number of aromatic hydroxyl groups is 1. The van der Waals surface area contributed by atoms with Crippen LogP contribution in [0.1, 0.15) is 12.5 Å². The van der Waals surface area contributed by atoms with Gasteiger partial charge in [0.1, 0.15) is 6.61 Å². The molecule has 1 aromatic carbocycles. The zero-order chi connectivity index (χ0) is 18.5. The van der Waals surface area contributed by atoms with Crippen LogP contribution in [-0.2, 0) is 11.3 Å². The fraction of sp³-hybridized carbons (Fsp3) is 0.300. The number of hydrogen-bond acceptors (Lipinski definition) is 5. The molecule has 3 rings (SSSR count). The molecule has 1 amide bonds. The molecule has 26 heavy (non-hydrogen) atoms. The minimum atomic E-state index is -0.148. The van der Waals surface area contributed by atoms with Crippen molar-refractivity contribution in [2.75, 3.05) is 18.9 Å². The monoisotopic (exact) mass is 370 g/mol. The van der Waals surface area contributed by atoms with Gasteiger partial charge >= 0.3 is 0 Å². The number of pyridine rings is 1. The molecule has 0 saturated heterocycles. The van der Waals surface area contributed by atoms with Crippen molar-refractivity contribution in [3.63, 3.8) is 0 Å². The molecule has 1 atom stereocenters.